The van der Waals surface area contributed by atoms with E-state index in [1.807, 2.05) is 24.3 Å². The van der Waals surface area contributed by atoms with Gasteiger partial charge < -0.3 is 14.6 Å². The van der Waals surface area contributed by atoms with Crippen LogP contribution in [0.3, 0.4) is 0 Å². The molecule has 0 fully saturated rings. The predicted molar refractivity (Wildman–Crippen MR) is 91.0 cm³/mol. The molecule has 2 aromatic rings. The molecule has 0 aliphatic heterocycles. The fraction of sp³-hybridized carbons (Fsp3) is 0.438. The highest BCUT2D eigenvalue weighted by Gasteiger charge is 2.37. The lowest BCUT2D eigenvalue weighted by Crippen LogP contribution is -2.32. The number of carbonyl (C=O) groups excluding carboxylic acids is 1. The summed E-state index contributed by atoms with van der Waals surface area (Å²) in [4.78, 5) is 12.1. The topological polar surface area (TPSA) is 69.0 Å². The lowest BCUT2D eigenvalue weighted by Gasteiger charge is -2.12. The number of ether oxygens (including phenoxy) is 1. The molecule has 0 bridgehead atoms. The average Bonchev–Trinajstić information content (AvgIpc) is 2.96. The molecule has 1 atom stereocenters. The normalized spacial score (nSPS) is 12.7. The van der Waals surface area contributed by atoms with Gasteiger partial charge in [0, 0.05) is 13.6 Å². The molecule has 0 spiro atoms. The quantitative estimate of drug-likeness (QED) is 0.739. The van der Waals surface area contributed by atoms with Gasteiger partial charge in [-0.1, -0.05) is 23.9 Å². The van der Waals surface area contributed by atoms with Crippen LogP contribution in [0.4, 0.5) is 13.2 Å². The number of halogens is 3. The van der Waals surface area contributed by atoms with Gasteiger partial charge in [0.1, 0.15) is 5.75 Å². The monoisotopic (exact) mass is 388 g/mol. The molecular weight excluding hydrogens is 369 g/mol. The maximum atomic E-state index is 12.7. The Hall–Kier alpha value is -2.23. The van der Waals surface area contributed by atoms with E-state index in [0.29, 0.717) is 13.0 Å². The molecule has 0 aliphatic rings. The molecule has 1 aromatic heterocycles. The number of carbonyl (C=O) groups is 1. The Morgan fingerprint density at radius 2 is 1.96 bits per heavy atom. The van der Waals surface area contributed by atoms with E-state index in [0.717, 1.165) is 27.6 Å². The minimum atomic E-state index is -4.58. The Kier molecular flexibility index (Phi) is 6.52. The first kappa shape index (κ1) is 20.1. The predicted octanol–water partition coefficient (Wildman–Crippen LogP) is 2.68. The van der Waals surface area contributed by atoms with Crippen LogP contribution in [-0.4, -0.2) is 39.6 Å². The van der Waals surface area contributed by atoms with Crippen LogP contribution in [0, 0.1) is 0 Å². The SMILES string of the molecule is COc1ccc(CCNC(=O)[C@H](C)Sc2nnc(C(F)(F)F)n2C)cc1. The average molecular weight is 388 g/mol. The number of hydrogen-bond donors (Lipinski definition) is 1. The van der Waals surface area contributed by atoms with E-state index in [1.165, 1.54) is 7.05 Å². The minimum absolute atomic E-state index is 0.0372. The van der Waals surface area contributed by atoms with Crippen molar-refractivity contribution in [2.24, 2.45) is 7.05 Å². The molecule has 0 unspecified atom stereocenters. The standard InChI is InChI=1S/C16H19F3N4O2S/c1-10(26-15-22-21-14(23(15)2)16(17,18)19)13(24)20-9-8-11-4-6-12(25-3)7-5-11/h4-7,10H,8-9H2,1-3H3,(H,20,24)/t10-/m0/s1. The van der Waals surface area contributed by atoms with E-state index in [2.05, 4.69) is 15.5 Å². The molecule has 10 heteroatoms. The molecule has 26 heavy (non-hydrogen) atoms. The molecule has 2 rings (SSSR count). The molecule has 0 radical (unpaired) electrons. The summed E-state index contributed by atoms with van der Waals surface area (Å²) in [6.07, 6.45) is -3.94. The van der Waals surface area contributed by atoms with Gasteiger partial charge in [-0.05, 0) is 31.0 Å². The summed E-state index contributed by atoms with van der Waals surface area (Å²) in [6.45, 7) is 2.03. The number of rotatable bonds is 7. The third-order valence-corrected chi connectivity index (χ3v) is 4.75. The first-order valence-electron chi connectivity index (χ1n) is 7.76. The maximum absolute atomic E-state index is 12.7. The van der Waals surface area contributed by atoms with E-state index in [1.54, 1.807) is 14.0 Å². The number of thioether (sulfide) groups is 1. The first-order chi connectivity index (χ1) is 12.2. The lowest BCUT2D eigenvalue weighted by atomic mass is 10.1. The fourth-order valence-electron chi connectivity index (χ4n) is 2.14. The van der Waals surface area contributed by atoms with Crippen molar-refractivity contribution in [1.82, 2.24) is 20.1 Å². The van der Waals surface area contributed by atoms with E-state index >= 15 is 0 Å². The number of aromatic nitrogens is 3. The van der Waals surface area contributed by atoms with Crippen LogP contribution in [0.2, 0.25) is 0 Å². The van der Waals surface area contributed by atoms with Crippen molar-refractivity contribution in [1.29, 1.82) is 0 Å². The number of amides is 1. The van der Waals surface area contributed by atoms with Crippen molar-refractivity contribution in [2.75, 3.05) is 13.7 Å². The molecule has 142 valence electrons. The second-order valence-electron chi connectivity index (χ2n) is 5.51. The van der Waals surface area contributed by atoms with E-state index in [9.17, 15) is 18.0 Å². The molecule has 0 saturated carbocycles. The molecule has 1 heterocycles. The lowest BCUT2D eigenvalue weighted by molar-refractivity contribution is -0.147. The number of benzene rings is 1. The molecule has 0 aliphatic carbocycles. The molecule has 6 nitrogen and oxygen atoms in total. The summed E-state index contributed by atoms with van der Waals surface area (Å²) in [7, 11) is 2.81. The Morgan fingerprint density at radius 1 is 1.31 bits per heavy atom. The van der Waals surface area contributed by atoms with Gasteiger partial charge in [-0.2, -0.15) is 13.2 Å². The summed E-state index contributed by atoms with van der Waals surface area (Å²) in [5, 5.41) is 8.85. The van der Waals surface area contributed by atoms with Crippen LogP contribution < -0.4 is 10.1 Å². The number of hydrogen-bond acceptors (Lipinski definition) is 5. The Labute approximate surface area is 153 Å². The largest absolute Gasteiger partial charge is 0.497 e. The van der Waals surface area contributed by atoms with Crippen LogP contribution in [-0.2, 0) is 24.4 Å². The molecule has 1 N–H and O–H groups in total. The van der Waals surface area contributed by atoms with Gasteiger partial charge in [0.15, 0.2) is 5.16 Å². The highest BCUT2D eigenvalue weighted by Crippen LogP contribution is 2.30. The summed E-state index contributed by atoms with van der Waals surface area (Å²) in [6, 6.07) is 7.48. The van der Waals surface area contributed by atoms with E-state index < -0.39 is 17.3 Å². The second kappa shape index (κ2) is 8.43. The van der Waals surface area contributed by atoms with Gasteiger partial charge in [0.05, 0.1) is 12.4 Å². The molecule has 0 saturated heterocycles. The third-order valence-electron chi connectivity index (χ3n) is 3.61. The van der Waals surface area contributed by atoms with Gasteiger partial charge in [-0.3, -0.25) is 4.79 Å². The highest BCUT2D eigenvalue weighted by atomic mass is 32.2. The van der Waals surface area contributed by atoms with Crippen molar-refractivity contribution >= 4 is 17.7 Å². The number of alkyl halides is 3. The van der Waals surface area contributed by atoms with Crippen LogP contribution in [0.1, 0.15) is 18.3 Å². The summed E-state index contributed by atoms with van der Waals surface area (Å²) in [5.74, 6) is -0.614. The zero-order valence-electron chi connectivity index (χ0n) is 14.5. The Balaban J connectivity index is 1.85. The van der Waals surface area contributed by atoms with Crippen molar-refractivity contribution in [3.05, 3.63) is 35.7 Å². The van der Waals surface area contributed by atoms with Gasteiger partial charge >= 0.3 is 6.18 Å². The smallest absolute Gasteiger partial charge is 0.451 e. The fourth-order valence-corrected chi connectivity index (χ4v) is 2.98. The minimum Gasteiger partial charge on any atom is -0.497 e. The van der Waals surface area contributed by atoms with E-state index in [4.69, 9.17) is 4.74 Å². The first-order valence-corrected chi connectivity index (χ1v) is 8.64. The van der Waals surface area contributed by atoms with Crippen LogP contribution in [0.25, 0.3) is 0 Å². The maximum Gasteiger partial charge on any atom is 0.451 e. The number of nitrogens with zero attached hydrogens (tertiary/aromatic N) is 3. The van der Waals surface area contributed by atoms with E-state index in [-0.39, 0.29) is 11.1 Å². The molecule has 1 amide bonds. The van der Waals surface area contributed by atoms with Gasteiger partial charge in [-0.15, -0.1) is 10.2 Å². The zero-order chi connectivity index (χ0) is 19.3. The number of nitrogens with one attached hydrogen (secondary N) is 1. The Morgan fingerprint density at radius 3 is 2.50 bits per heavy atom. The number of methoxy groups -OCH3 is 1. The highest BCUT2D eigenvalue weighted by molar-refractivity contribution is 8.00. The van der Waals surface area contributed by atoms with Gasteiger partial charge in [-0.25, -0.2) is 0 Å². The van der Waals surface area contributed by atoms with Crippen LogP contribution in [0.5, 0.6) is 5.75 Å². The molecular formula is C16H19F3N4O2S. The van der Waals surface area contributed by atoms with Crippen LogP contribution in [0.15, 0.2) is 29.4 Å². The van der Waals surface area contributed by atoms with Crippen molar-refractivity contribution < 1.29 is 22.7 Å². The zero-order valence-corrected chi connectivity index (χ0v) is 15.3. The summed E-state index contributed by atoms with van der Waals surface area (Å²) < 4.78 is 44.1. The summed E-state index contributed by atoms with van der Waals surface area (Å²) >= 11 is 0.927. The summed E-state index contributed by atoms with van der Waals surface area (Å²) in [5.41, 5.74) is 1.04. The van der Waals surface area contributed by atoms with Gasteiger partial charge in [0.2, 0.25) is 11.7 Å². The third kappa shape index (κ3) is 5.13. The second-order valence-corrected chi connectivity index (χ2v) is 6.82. The van der Waals surface area contributed by atoms with Gasteiger partial charge in [0.25, 0.3) is 0 Å². The van der Waals surface area contributed by atoms with Crippen molar-refractivity contribution in [3.63, 3.8) is 0 Å². The molecule has 1 aromatic carbocycles. The Bertz CT molecular complexity index is 747. The van der Waals surface area contributed by atoms with Crippen molar-refractivity contribution in [3.8, 4) is 5.75 Å². The van der Waals surface area contributed by atoms with Crippen molar-refractivity contribution in [2.45, 2.75) is 29.9 Å². The van der Waals surface area contributed by atoms with Crippen LogP contribution >= 0.6 is 11.8 Å².